The molecule has 0 bridgehead atoms. The van der Waals surface area contributed by atoms with Crippen molar-refractivity contribution in [2.45, 2.75) is 13.0 Å². The Kier molecular flexibility index (Phi) is 4.90. The minimum Gasteiger partial charge on any atom is -0.392 e. The summed E-state index contributed by atoms with van der Waals surface area (Å²) >= 11 is 1.58. The molecule has 0 saturated carbocycles. The molecular weight excluding hydrogens is 260 g/mol. The molecule has 3 N–H and O–H groups in total. The highest BCUT2D eigenvalue weighted by Gasteiger charge is 2.10. The van der Waals surface area contributed by atoms with Crippen molar-refractivity contribution in [3.8, 4) is 0 Å². The Hall–Kier alpha value is -1.43. The average Bonchev–Trinajstić information content (AvgIpc) is 2.81. The molecule has 2 rings (SSSR count). The van der Waals surface area contributed by atoms with Gasteiger partial charge in [0, 0.05) is 35.1 Å². The van der Waals surface area contributed by atoms with Crippen LogP contribution in [0.5, 0.6) is 0 Å². The number of fused-ring (bicyclic) bond motifs is 1. The van der Waals surface area contributed by atoms with Crippen LogP contribution >= 0.6 is 11.3 Å². The van der Waals surface area contributed by atoms with Crippen LogP contribution in [-0.4, -0.2) is 36.8 Å². The standard InChI is InChI=1S/C14H18N2O2S/c1-10(17)8-15-6-7-16-14(18)12-9-19-13-5-3-2-4-11(12)13/h2-5,9-10,15,17H,6-8H2,1H3,(H,16,18). The van der Waals surface area contributed by atoms with Crippen molar-refractivity contribution in [3.05, 3.63) is 35.2 Å². The largest absolute Gasteiger partial charge is 0.392 e. The second-order valence-electron chi connectivity index (χ2n) is 4.45. The van der Waals surface area contributed by atoms with E-state index >= 15 is 0 Å². The van der Waals surface area contributed by atoms with Crippen molar-refractivity contribution in [3.63, 3.8) is 0 Å². The third-order valence-electron chi connectivity index (χ3n) is 2.75. The van der Waals surface area contributed by atoms with Gasteiger partial charge in [-0.25, -0.2) is 0 Å². The van der Waals surface area contributed by atoms with Gasteiger partial charge < -0.3 is 15.7 Å². The van der Waals surface area contributed by atoms with Crippen LogP contribution in [0.25, 0.3) is 10.1 Å². The molecule has 0 fully saturated rings. The minimum atomic E-state index is -0.364. The maximum atomic E-state index is 12.0. The average molecular weight is 278 g/mol. The summed E-state index contributed by atoms with van der Waals surface area (Å²) in [6, 6.07) is 7.89. The number of carbonyl (C=O) groups is 1. The van der Waals surface area contributed by atoms with Crippen LogP contribution in [0.1, 0.15) is 17.3 Å². The van der Waals surface area contributed by atoms with E-state index in [4.69, 9.17) is 5.11 Å². The fourth-order valence-electron chi connectivity index (χ4n) is 1.82. The van der Waals surface area contributed by atoms with Gasteiger partial charge in [-0.15, -0.1) is 11.3 Å². The summed E-state index contributed by atoms with van der Waals surface area (Å²) < 4.78 is 1.12. The van der Waals surface area contributed by atoms with Gasteiger partial charge in [0.05, 0.1) is 11.7 Å². The van der Waals surface area contributed by atoms with Gasteiger partial charge in [0.1, 0.15) is 0 Å². The van der Waals surface area contributed by atoms with E-state index in [1.54, 1.807) is 18.3 Å². The molecule has 0 aliphatic carbocycles. The summed E-state index contributed by atoms with van der Waals surface area (Å²) in [6.45, 7) is 3.47. The van der Waals surface area contributed by atoms with Crippen molar-refractivity contribution in [2.24, 2.45) is 0 Å². The summed E-state index contributed by atoms with van der Waals surface area (Å²) in [5, 5.41) is 17.9. The van der Waals surface area contributed by atoms with E-state index in [0.29, 0.717) is 19.6 Å². The molecule has 0 spiro atoms. The van der Waals surface area contributed by atoms with Crippen LogP contribution in [0.2, 0.25) is 0 Å². The summed E-state index contributed by atoms with van der Waals surface area (Å²) in [7, 11) is 0. The molecular formula is C14H18N2O2S. The first kappa shape index (κ1) is 14.0. The Morgan fingerprint density at radius 1 is 1.37 bits per heavy atom. The van der Waals surface area contributed by atoms with Crippen LogP contribution < -0.4 is 10.6 Å². The number of aliphatic hydroxyl groups is 1. The van der Waals surface area contributed by atoms with Crippen molar-refractivity contribution >= 4 is 27.3 Å². The van der Waals surface area contributed by atoms with E-state index in [1.807, 2.05) is 29.6 Å². The fraction of sp³-hybridized carbons (Fsp3) is 0.357. The lowest BCUT2D eigenvalue weighted by atomic mass is 10.1. The smallest absolute Gasteiger partial charge is 0.252 e. The SMILES string of the molecule is CC(O)CNCCNC(=O)c1csc2ccccc12. The molecule has 1 atom stereocenters. The van der Waals surface area contributed by atoms with Gasteiger partial charge >= 0.3 is 0 Å². The van der Waals surface area contributed by atoms with E-state index in [2.05, 4.69) is 10.6 Å². The molecule has 0 aliphatic heterocycles. The number of rotatable bonds is 6. The van der Waals surface area contributed by atoms with E-state index in [9.17, 15) is 4.79 Å². The zero-order valence-electron chi connectivity index (χ0n) is 10.8. The number of hydrogen-bond donors (Lipinski definition) is 3. The van der Waals surface area contributed by atoms with E-state index in [0.717, 1.165) is 15.6 Å². The second-order valence-corrected chi connectivity index (χ2v) is 5.37. The quantitative estimate of drug-likeness (QED) is 0.703. The van der Waals surface area contributed by atoms with Crippen molar-refractivity contribution in [1.29, 1.82) is 0 Å². The monoisotopic (exact) mass is 278 g/mol. The van der Waals surface area contributed by atoms with Crippen molar-refractivity contribution in [2.75, 3.05) is 19.6 Å². The second kappa shape index (κ2) is 6.65. The molecule has 1 aromatic carbocycles. The van der Waals surface area contributed by atoms with E-state index < -0.39 is 0 Å². The molecule has 1 heterocycles. The number of carbonyl (C=O) groups excluding carboxylic acids is 1. The maximum Gasteiger partial charge on any atom is 0.252 e. The van der Waals surface area contributed by atoms with Gasteiger partial charge in [-0.3, -0.25) is 4.79 Å². The molecule has 2 aromatic rings. The highest BCUT2D eigenvalue weighted by molar-refractivity contribution is 7.17. The first-order valence-electron chi connectivity index (χ1n) is 6.31. The molecule has 1 amide bonds. The van der Waals surface area contributed by atoms with Crippen LogP contribution in [0.3, 0.4) is 0 Å². The first-order chi connectivity index (χ1) is 9.18. The Morgan fingerprint density at radius 2 is 2.16 bits per heavy atom. The Bertz CT molecular complexity index is 551. The van der Waals surface area contributed by atoms with Crippen LogP contribution in [0.15, 0.2) is 29.6 Å². The van der Waals surface area contributed by atoms with Gasteiger partial charge in [0.15, 0.2) is 0 Å². The van der Waals surface area contributed by atoms with E-state index in [-0.39, 0.29) is 12.0 Å². The number of benzene rings is 1. The lowest BCUT2D eigenvalue weighted by Crippen LogP contribution is -2.34. The first-order valence-corrected chi connectivity index (χ1v) is 7.19. The third-order valence-corrected chi connectivity index (χ3v) is 3.72. The van der Waals surface area contributed by atoms with Gasteiger partial charge in [-0.2, -0.15) is 0 Å². The Morgan fingerprint density at radius 3 is 2.95 bits per heavy atom. The number of amides is 1. The van der Waals surface area contributed by atoms with Gasteiger partial charge in [0.25, 0.3) is 5.91 Å². The molecule has 0 saturated heterocycles. The minimum absolute atomic E-state index is 0.0451. The summed E-state index contributed by atoms with van der Waals surface area (Å²) in [5.41, 5.74) is 0.733. The molecule has 102 valence electrons. The molecule has 4 nitrogen and oxygen atoms in total. The number of thiophene rings is 1. The Labute approximate surface area is 116 Å². The van der Waals surface area contributed by atoms with Crippen molar-refractivity contribution < 1.29 is 9.90 Å². The number of hydrogen-bond acceptors (Lipinski definition) is 4. The van der Waals surface area contributed by atoms with Gasteiger partial charge in [-0.1, -0.05) is 18.2 Å². The summed E-state index contributed by atoms with van der Waals surface area (Å²) in [6.07, 6.45) is -0.364. The zero-order chi connectivity index (χ0) is 13.7. The molecule has 5 heteroatoms. The molecule has 1 aromatic heterocycles. The summed E-state index contributed by atoms with van der Waals surface area (Å²) in [4.78, 5) is 12.0. The summed E-state index contributed by atoms with van der Waals surface area (Å²) in [5.74, 6) is -0.0451. The van der Waals surface area contributed by atoms with Crippen LogP contribution in [0, 0.1) is 0 Å². The van der Waals surface area contributed by atoms with Crippen LogP contribution in [0.4, 0.5) is 0 Å². The molecule has 1 unspecified atom stereocenters. The predicted molar refractivity (Wildman–Crippen MR) is 78.7 cm³/mol. The highest BCUT2D eigenvalue weighted by Crippen LogP contribution is 2.25. The zero-order valence-corrected chi connectivity index (χ0v) is 11.7. The number of nitrogens with one attached hydrogen (secondary N) is 2. The topological polar surface area (TPSA) is 61.4 Å². The molecule has 0 aliphatic rings. The maximum absolute atomic E-state index is 12.0. The molecule has 0 radical (unpaired) electrons. The van der Waals surface area contributed by atoms with E-state index in [1.165, 1.54) is 0 Å². The lowest BCUT2D eigenvalue weighted by molar-refractivity contribution is 0.0955. The Balaban J connectivity index is 1.86. The fourth-order valence-corrected chi connectivity index (χ4v) is 2.77. The normalized spacial score (nSPS) is 12.5. The molecule has 19 heavy (non-hydrogen) atoms. The highest BCUT2D eigenvalue weighted by atomic mass is 32.1. The van der Waals surface area contributed by atoms with Crippen molar-refractivity contribution in [1.82, 2.24) is 10.6 Å². The van der Waals surface area contributed by atoms with Gasteiger partial charge in [-0.05, 0) is 13.0 Å². The lowest BCUT2D eigenvalue weighted by Gasteiger charge is -2.07. The van der Waals surface area contributed by atoms with Gasteiger partial charge in [0.2, 0.25) is 0 Å². The van der Waals surface area contributed by atoms with Crippen LogP contribution in [-0.2, 0) is 0 Å². The third kappa shape index (κ3) is 3.76. The number of aliphatic hydroxyl groups excluding tert-OH is 1. The predicted octanol–water partition coefficient (Wildman–Crippen LogP) is 1.60.